The summed E-state index contributed by atoms with van der Waals surface area (Å²) in [6.07, 6.45) is 17.7. The Hall–Kier alpha value is -7.00. The molecular weight excluding hydrogens is 941 g/mol. The molecule has 2 atom stereocenters. The zero-order valence-electron chi connectivity index (χ0n) is 43.3. The second-order valence-electron chi connectivity index (χ2n) is 19.7. The van der Waals surface area contributed by atoms with Crippen molar-refractivity contribution in [3.05, 3.63) is 85.5 Å². The summed E-state index contributed by atoms with van der Waals surface area (Å²) in [6.45, 7) is 19.2. The molecule has 4 aliphatic rings. The third kappa shape index (κ3) is 10.4. The van der Waals surface area contributed by atoms with Gasteiger partial charge in [-0.05, 0) is 109 Å². The Kier molecular flexibility index (Phi) is 14.5. The number of rotatable bonds is 14. The highest BCUT2D eigenvalue weighted by molar-refractivity contribution is 5.75. The Bertz CT molecular complexity index is 3180. The second kappa shape index (κ2) is 21.8. The van der Waals surface area contributed by atoms with E-state index in [2.05, 4.69) is 120 Å². The third-order valence-corrected chi connectivity index (χ3v) is 14.0. The van der Waals surface area contributed by atoms with Crippen molar-refractivity contribution in [2.45, 2.75) is 131 Å². The molecule has 0 radical (unpaired) electrons. The molecule has 0 amide bonds. The van der Waals surface area contributed by atoms with Crippen LogP contribution in [0.2, 0.25) is 0 Å². The number of ether oxygens (including phenoxy) is 6. The monoisotopic (exact) mass is 1010 g/mol. The molecule has 0 saturated carbocycles. The molecule has 2 fully saturated rings. The van der Waals surface area contributed by atoms with Gasteiger partial charge in [0.1, 0.15) is 66.1 Å². The summed E-state index contributed by atoms with van der Waals surface area (Å²) in [4.78, 5) is 28.3. The van der Waals surface area contributed by atoms with Gasteiger partial charge in [-0.25, -0.2) is 29.6 Å². The van der Waals surface area contributed by atoms with Gasteiger partial charge in [-0.15, -0.1) is 4.68 Å². The van der Waals surface area contributed by atoms with Gasteiger partial charge in [0.15, 0.2) is 24.1 Å². The van der Waals surface area contributed by atoms with Gasteiger partial charge < -0.3 is 46.7 Å². The second-order valence-corrected chi connectivity index (χ2v) is 19.7. The topological polar surface area (TPSA) is 190 Å². The summed E-state index contributed by atoms with van der Waals surface area (Å²) in [5.41, 5.74) is 7.61. The van der Waals surface area contributed by atoms with Crippen LogP contribution in [-0.4, -0.2) is 115 Å². The minimum Gasteiger partial charge on any atom is -0.491 e. The van der Waals surface area contributed by atoms with E-state index in [1.54, 1.807) is 12.7 Å². The van der Waals surface area contributed by atoms with E-state index in [1.165, 1.54) is 6.42 Å². The van der Waals surface area contributed by atoms with Gasteiger partial charge in [-0.3, -0.25) is 0 Å². The Morgan fingerprint density at radius 1 is 0.676 bits per heavy atom. The van der Waals surface area contributed by atoms with Crippen LogP contribution in [0.5, 0.6) is 11.5 Å². The predicted molar refractivity (Wildman–Crippen MR) is 275 cm³/mol. The number of benzene rings is 2. The van der Waals surface area contributed by atoms with Gasteiger partial charge in [0.2, 0.25) is 6.33 Å². The average Bonchev–Trinajstić information content (AvgIpc) is 4.29. The van der Waals surface area contributed by atoms with Crippen molar-refractivity contribution in [2.75, 3.05) is 39.6 Å². The molecule has 1 N–H and O–H groups in total. The van der Waals surface area contributed by atoms with Crippen LogP contribution in [0.4, 0.5) is 0 Å². The first kappa shape index (κ1) is 49.2. The molecule has 20 heteroatoms. The fourth-order valence-electron chi connectivity index (χ4n) is 10.1. The van der Waals surface area contributed by atoms with E-state index in [0.29, 0.717) is 39.5 Å². The predicted octanol–water partition coefficient (Wildman–Crippen LogP) is 8.41. The van der Waals surface area contributed by atoms with Crippen LogP contribution in [-0.2, 0) is 45.1 Å². The SMILES string of the molecule is Cc1nc(-c2ccc3c(c2)OCCn2cc(-c4ncnn4C(C)C)nc2-3)cn1CCOC1CCCCO1.Cc1ncc(-c2ccc3c(c2)OCCn2cc(-c4nc[nH][n+]4C(C)C)nc2-3)n1CCOC1CCCCO1. The fourth-order valence-corrected chi connectivity index (χ4v) is 10.1. The van der Waals surface area contributed by atoms with Crippen LogP contribution >= 0.6 is 0 Å². The van der Waals surface area contributed by atoms with Crippen LogP contribution in [0.25, 0.3) is 68.3 Å². The first-order valence-corrected chi connectivity index (χ1v) is 26.2. The van der Waals surface area contributed by atoms with Crippen LogP contribution < -0.4 is 14.2 Å². The highest BCUT2D eigenvalue weighted by Crippen LogP contribution is 2.39. The van der Waals surface area contributed by atoms with Crippen molar-refractivity contribution in [3.8, 4) is 79.8 Å². The number of imidazole rings is 4. The maximum Gasteiger partial charge on any atom is 0.371 e. The van der Waals surface area contributed by atoms with E-state index in [0.717, 1.165) is 150 Å². The first-order valence-electron chi connectivity index (χ1n) is 26.2. The van der Waals surface area contributed by atoms with E-state index < -0.39 is 0 Å². The highest BCUT2D eigenvalue weighted by Gasteiger charge is 2.28. The smallest absolute Gasteiger partial charge is 0.371 e. The minimum atomic E-state index is -0.0907. The number of aromatic nitrogens is 14. The van der Waals surface area contributed by atoms with Crippen LogP contribution in [0.3, 0.4) is 0 Å². The van der Waals surface area contributed by atoms with Crippen molar-refractivity contribution in [3.63, 3.8) is 0 Å². The summed E-state index contributed by atoms with van der Waals surface area (Å²) in [5, 5.41) is 7.56. The first-order chi connectivity index (χ1) is 36.1. The number of nitrogens with zero attached hydrogens (tertiary/aromatic N) is 13. The van der Waals surface area contributed by atoms with Crippen LogP contribution in [0.1, 0.15) is 90.0 Å². The lowest BCUT2D eigenvalue weighted by atomic mass is 10.1. The Balaban J connectivity index is 0.000000159. The number of hydrogen-bond acceptors (Lipinski definition) is 13. The quantitative estimate of drug-likeness (QED) is 0.102. The van der Waals surface area contributed by atoms with E-state index in [-0.39, 0.29) is 24.7 Å². The average molecular weight is 1010 g/mol. The molecule has 10 heterocycles. The zero-order chi connectivity index (χ0) is 50.7. The highest BCUT2D eigenvalue weighted by atomic mass is 16.7. The lowest BCUT2D eigenvalue weighted by molar-refractivity contribution is -0.759. The molecule has 0 spiro atoms. The Morgan fingerprint density at radius 2 is 1.32 bits per heavy atom. The van der Waals surface area contributed by atoms with Crippen molar-refractivity contribution >= 4 is 0 Å². The normalized spacial score (nSPS) is 17.4. The largest absolute Gasteiger partial charge is 0.491 e. The molecular formula is C54H67N14O6+. The molecule has 2 saturated heterocycles. The summed E-state index contributed by atoms with van der Waals surface area (Å²) >= 11 is 0. The molecule has 20 nitrogen and oxygen atoms in total. The summed E-state index contributed by atoms with van der Waals surface area (Å²) in [5.74, 6) is 6.90. The van der Waals surface area contributed by atoms with Gasteiger partial charge in [0, 0.05) is 62.1 Å². The van der Waals surface area contributed by atoms with E-state index >= 15 is 0 Å². The van der Waals surface area contributed by atoms with E-state index in [9.17, 15) is 0 Å². The number of H-pyrrole nitrogens is 1. The molecule has 12 rings (SSSR count). The number of hydrogen-bond donors (Lipinski definition) is 1. The fraction of sp³-hybridized carbons (Fsp3) is 0.481. The standard InChI is InChI=1S/2C27H33N7O3/c1-18(2)34-27(28-17-29-34)23-16-33-10-12-35-24-14-20(7-8-21(24)26(33)31-23)22-15-32(19(3)30-22)9-13-37-25-6-4-5-11-36-25;1-18(2)34-27(29-17-30-34)22-16-32-9-12-35-24-14-20(7-8-21(24)26(32)31-22)23-15-28-19(3)33(23)10-13-37-25-6-4-5-11-36-25/h2*7-8,14-18,25H,4-6,9-13H2,1-3H3/p+1. The Morgan fingerprint density at radius 3 is 1.99 bits per heavy atom. The molecule has 2 unspecified atom stereocenters. The summed E-state index contributed by atoms with van der Waals surface area (Å²) in [6, 6.07) is 13.0. The van der Waals surface area contributed by atoms with E-state index in [1.807, 2.05) is 35.6 Å². The van der Waals surface area contributed by atoms with Gasteiger partial charge in [-0.2, -0.15) is 10.2 Å². The van der Waals surface area contributed by atoms with Crippen LogP contribution in [0.15, 0.2) is 73.8 Å². The van der Waals surface area contributed by atoms with Gasteiger partial charge in [-0.1, -0.05) is 12.1 Å². The molecule has 8 aromatic rings. The van der Waals surface area contributed by atoms with Gasteiger partial charge >= 0.3 is 5.82 Å². The summed E-state index contributed by atoms with van der Waals surface area (Å²) in [7, 11) is 0. The molecule has 0 bridgehead atoms. The number of aromatic amines is 1. The lowest BCUT2D eigenvalue weighted by Crippen LogP contribution is -2.40. The molecule has 0 aliphatic carbocycles. The lowest BCUT2D eigenvalue weighted by Gasteiger charge is -2.23. The zero-order valence-corrected chi connectivity index (χ0v) is 43.3. The van der Waals surface area contributed by atoms with Crippen molar-refractivity contribution in [1.82, 2.24) is 63.1 Å². The van der Waals surface area contributed by atoms with Gasteiger partial charge in [0.05, 0.1) is 55.0 Å². The molecule has 4 aliphatic heterocycles. The minimum absolute atomic E-state index is 0.0754. The number of fused-ring (bicyclic) bond motifs is 6. The number of aryl methyl sites for hydroxylation is 2. The summed E-state index contributed by atoms with van der Waals surface area (Å²) < 4.78 is 48.2. The van der Waals surface area contributed by atoms with Crippen molar-refractivity contribution in [1.29, 1.82) is 0 Å². The maximum absolute atomic E-state index is 6.19. The van der Waals surface area contributed by atoms with E-state index in [4.69, 9.17) is 43.4 Å². The van der Waals surface area contributed by atoms with Crippen LogP contribution in [0, 0.1) is 13.8 Å². The third-order valence-electron chi connectivity index (χ3n) is 14.0. The molecule has 6 aromatic heterocycles. The molecule has 388 valence electrons. The van der Waals surface area contributed by atoms with Crippen molar-refractivity contribution in [2.24, 2.45) is 0 Å². The van der Waals surface area contributed by atoms with Gasteiger partial charge in [0.25, 0.3) is 0 Å². The molecule has 74 heavy (non-hydrogen) atoms. The molecule has 2 aromatic carbocycles. The number of nitrogens with one attached hydrogen (secondary N) is 1. The Labute approximate surface area is 430 Å². The maximum atomic E-state index is 6.19. The van der Waals surface area contributed by atoms with Crippen molar-refractivity contribution < 1.29 is 33.1 Å².